The summed E-state index contributed by atoms with van der Waals surface area (Å²) in [6.45, 7) is 5.17. The second-order valence-corrected chi connectivity index (χ2v) is 5.65. The number of halogens is 3. The van der Waals surface area contributed by atoms with E-state index in [2.05, 4.69) is 10.6 Å². The number of carbonyl (C=O) groups is 2. The summed E-state index contributed by atoms with van der Waals surface area (Å²) in [7, 11) is 0. The molecular formula is C16H21F3N2O2. The molecule has 1 atom stereocenters. The van der Waals surface area contributed by atoms with E-state index in [0.29, 0.717) is 5.56 Å². The third-order valence-corrected chi connectivity index (χ3v) is 3.28. The van der Waals surface area contributed by atoms with Crippen molar-refractivity contribution < 1.29 is 22.8 Å². The number of nitrogens with one attached hydrogen (secondary N) is 2. The smallest absolute Gasteiger partial charge is 0.356 e. The van der Waals surface area contributed by atoms with Crippen LogP contribution in [-0.2, 0) is 15.8 Å². The molecule has 0 saturated heterocycles. The molecule has 0 heterocycles. The first-order valence-electron chi connectivity index (χ1n) is 7.32. The van der Waals surface area contributed by atoms with Crippen molar-refractivity contribution in [2.24, 2.45) is 5.92 Å². The first kappa shape index (κ1) is 19.0. The average molecular weight is 330 g/mol. The number of hydrogen-bond acceptors (Lipinski definition) is 2. The van der Waals surface area contributed by atoms with Crippen LogP contribution in [0.5, 0.6) is 0 Å². The van der Waals surface area contributed by atoms with Gasteiger partial charge in [-0.3, -0.25) is 9.59 Å². The van der Waals surface area contributed by atoms with E-state index in [9.17, 15) is 22.8 Å². The number of alkyl halides is 3. The highest BCUT2D eigenvalue weighted by molar-refractivity contribution is 5.78. The Morgan fingerprint density at radius 3 is 2.39 bits per heavy atom. The van der Waals surface area contributed by atoms with Crippen molar-refractivity contribution >= 4 is 11.8 Å². The molecule has 0 radical (unpaired) electrons. The number of amides is 2. The van der Waals surface area contributed by atoms with Gasteiger partial charge in [0.05, 0.1) is 11.6 Å². The van der Waals surface area contributed by atoms with E-state index in [4.69, 9.17) is 0 Å². The van der Waals surface area contributed by atoms with Gasteiger partial charge in [0.1, 0.15) is 0 Å². The molecule has 23 heavy (non-hydrogen) atoms. The Balaban J connectivity index is 2.83. The molecule has 0 aromatic heterocycles. The fraction of sp³-hybridized carbons (Fsp3) is 0.500. The predicted octanol–water partition coefficient (Wildman–Crippen LogP) is 3.04. The van der Waals surface area contributed by atoms with E-state index >= 15 is 0 Å². The fourth-order valence-corrected chi connectivity index (χ4v) is 2.14. The van der Waals surface area contributed by atoms with Crippen LogP contribution in [0.15, 0.2) is 24.3 Å². The van der Waals surface area contributed by atoms with Crippen LogP contribution in [0.25, 0.3) is 0 Å². The number of carbonyl (C=O) groups excluding carboxylic acids is 2. The lowest BCUT2D eigenvalue weighted by Gasteiger charge is -2.24. The molecule has 0 saturated carbocycles. The highest BCUT2D eigenvalue weighted by Gasteiger charge is 2.31. The average Bonchev–Trinajstić information content (AvgIpc) is 2.43. The highest BCUT2D eigenvalue weighted by atomic mass is 19.4. The summed E-state index contributed by atoms with van der Waals surface area (Å²) >= 11 is 0. The summed E-state index contributed by atoms with van der Waals surface area (Å²) in [5.74, 6) is -0.644. The van der Waals surface area contributed by atoms with E-state index in [1.54, 1.807) is 6.07 Å². The topological polar surface area (TPSA) is 58.2 Å². The maximum atomic E-state index is 12.8. The van der Waals surface area contributed by atoms with Gasteiger partial charge in [0.25, 0.3) is 0 Å². The second-order valence-electron chi connectivity index (χ2n) is 5.65. The van der Waals surface area contributed by atoms with Crippen molar-refractivity contribution in [3.63, 3.8) is 0 Å². The predicted molar refractivity (Wildman–Crippen MR) is 80.5 cm³/mol. The Hall–Kier alpha value is -2.05. The van der Waals surface area contributed by atoms with Crippen LogP contribution < -0.4 is 10.6 Å². The van der Waals surface area contributed by atoms with E-state index in [1.807, 2.05) is 13.8 Å². The molecule has 2 amide bonds. The summed E-state index contributed by atoms with van der Waals surface area (Å²) in [6.07, 6.45) is -4.35. The molecule has 1 rings (SSSR count). The van der Waals surface area contributed by atoms with Crippen molar-refractivity contribution in [2.45, 2.75) is 39.4 Å². The summed E-state index contributed by atoms with van der Waals surface area (Å²) in [5, 5.41) is 5.23. The van der Waals surface area contributed by atoms with Crippen molar-refractivity contribution in [3.05, 3.63) is 35.4 Å². The molecule has 0 aliphatic rings. The molecule has 0 spiro atoms. The second kappa shape index (κ2) is 7.99. The zero-order valence-electron chi connectivity index (χ0n) is 13.3. The van der Waals surface area contributed by atoms with Gasteiger partial charge in [-0.15, -0.1) is 0 Å². The zero-order chi connectivity index (χ0) is 17.6. The lowest BCUT2D eigenvalue weighted by atomic mass is 9.94. The molecule has 0 aliphatic carbocycles. The molecule has 0 unspecified atom stereocenters. The fourth-order valence-electron chi connectivity index (χ4n) is 2.14. The summed E-state index contributed by atoms with van der Waals surface area (Å²) in [5.41, 5.74) is -0.337. The number of rotatable bonds is 6. The largest absolute Gasteiger partial charge is 0.416 e. The summed E-state index contributed by atoms with van der Waals surface area (Å²) in [4.78, 5) is 22.7. The maximum Gasteiger partial charge on any atom is 0.416 e. The summed E-state index contributed by atoms with van der Waals surface area (Å²) in [6, 6.07) is 4.42. The standard InChI is InChI=1S/C16H21F3N2O2/c1-10(2)15(21-14(23)7-8-20-11(3)22)12-5-4-6-13(9-12)16(17,18)19/h4-6,9-10,15H,7-8H2,1-3H3,(H,20,22)(H,21,23)/t15-/m1/s1. The molecule has 0 fully saturated rings. The third-order valence-electron chi connectivity index (χ3n) is 3.28. The van der Waals surface area contributed by atoms with E-state index < -0.39 is 17.8 Å². The van der Waals surface area contributed by atoms with Gasteiger partial charge < -0.3 is 10.6 Å². The van der Waals surface area contributed by atoms with E-state index in [0.717, 1.165) is 12.1 Å². The van der Waals surface area contributed by atoms with Crippen molar-refractivity contribution in [1.29, 1.82) is 0 Å². The molecule has 1 aromatic carbocycles. The zero-order valence-corrected chi connectivity index (χ0v) is 13.3. The Kier molecular flexibility index (Phi) is 6.60. The number of benzene rings is 1. The summed E-state index contributed by atoms with van der Waals surface area (Å²) < 4.78 is 38.4. The minimum atomic E-state index is -4.42. The lowest BCUT2D eigenvalue weighted by molar-refractivity contribution is -0.137. The van der Waals surface area contributed by atoms with Crippen molar-refractivity contribution in [1.82, 2.24) is 10.6 Å². The van der Waals surface area contributed by atoms with Crippen LogP contribution >= 0.6 is 0 Å². The minimum Gasteiger partial charge on any atom is -0.356 e. The quantitative estimate of drug-likeness (QED) is 0.842. The van der Waals surface area contributed by atoms with Crippen LogP contribution in [0, 0.1) is 5.92 Å². The first-order valence-corrected chi connectivity index (χ1v) is 7.32. The van der Waals surface area contributed by atoms with Gasteiger partial charge in [0, 0.05) is 19.9 Å². The molecular weight excluding hydrogens is 309 g/mol. The molecule has 2 N–H and O–H groups in total. The Bertz CT molecular complexity index is 557. The maximum absolute atomic E-state index is 12.8. The third kappa shape index (κ3) is 6.30. The molecule has 4 nitrogen and oxygen atoms in total. The van der Waals surface area contributed by atoms with Gasteiger partial charge in [-0.1, -0.05) is 26.0 Å². The first-order chi connectivity index (χ1) is 10.6. The van der Waals surface area contributed by atoms with E-state index in [1.165, 1.54) is 13.0 Å². The van der Waals surface area contributed by atoms with Gasteiger partial charge in [-0.05, 0) is 23.6 Å². The van der Waals surface area contributed by atoms with Crippen LogP contribution in [-0.4, -0.2) is 18.4 Å². The minimum absolute atomic E-state index is 0.0712. The molecule has 0 aliphatic heterocycles. The van der Waals surface area contributed by atoms with Gasteiger partial charge in [-0.2, -0.15) is 13.2 Å². The Labute approximate surface area is 133 Å². The Morgan fingerprint density at radius 1 is 1.22 bits per heavy atom. The van der Waals surface area contributed by atoms with E-state index in [-0.39, 0.29) is 30.7 Å². The Morgan fingerprint density at radius 2 is 1.87 bits per heavy atom. The van der Waals surface area contributed by atoms with Crippen LogP contribution in [0.1, 0.15) is 44.4 Å². The lowest BCUT2D eigenvalue weighted by Crippen LogP contribution is -2.34. The molecule has 128 valence electrons. The molecule has 7 heteroatoms. The SMILES string of the molecule is CC(=O)NCCC(=O)N[C@@H](c1cccc(C(F)(F)F)c1)C(C)C. The normalized spacial score (nSPS) is 12.8. The monoisotopic (exact) mass is 330 g/mol. The number of hydrogen-bond donors (Lipinski definition) is 2. The van der Waals surface area contributed by atoms with Gasteiger partial charge >= 0.3 is 6.18 Å². The van der Waals surface area contributed by atoms with Crippen LogP contribution in [0.2, 0.25) is 0 Å². The van der Waals surface area contributed by atoms with Gasteiger partial charge in [0.2, 0.25) is 11.8 Å². The van der Waals surface area contributed by atoms with Crippen molar-refractivity contribution in [3.8, 4) is 0 Å². The van der Waals surface area contributed by atoms with Crippen LogP contribution in [0.4, 0.5) is 13.2 Å². The van der Waals surface area contributed by atoms with Gasteiger partial charge in [0.15, 0.2) is 0 Å². The highest BCUT2D eigenvalue weighted by Crippen LogP contribution is 2.32. The van der Waals surface area contributed by atoms with Gasteiger partial charge in [-0.25, -0.2) is 0 Å². The molecule has 0 bridgehead atoms. The van der Waals surface area contributed by atoms with Crippen molar-refractivity contribution in [2.75, 3.05) is 6.54 Å². The molecule has 1 aromatic rings. The van der Waals surface area contributed by atoms with Crippen LogP contribution in [0.3, 0.4) is 0 Å².